The molecule has 25 heavy (non-hydrogen) atoms. The predicted octanol–water partition coefficient (Wildman–Crippen LogP) is 2.50. The first-order chi connectivity index (χ1) is 11.5. The molecule has 140 valence electrons. The fourth-order valence-corrected chi connectivity index (χ4v) is 3.61. The smallest absolute Gasteiger partial charge is 0.410 e. The van der Waals surface area contributed by atoms with Crippen molar-refractivity contribution in [1.29, 1.82) is 0 Å². The molecule has 7 heteroatoms. The number of benzene rings is 1. The van der Waals surface area contributed by atoms with Gasteiger partial charge in [0.05, 0.1) is 6.26 Å². The minimum Gasteiger partial charge on any atom is -0.444 e. The molecular formula is C18H28N2O4S. The third kappa shape index (κ3) is 5.71. The molecular weight excluding hydrogens is 340 g/mol. The highest BCUT2D eigenvalue weighted by atomic mass is 32.2. The van der Waals surface area contributed by atoms with Crippen LogP contribution >= 0.6 is 0 Å². The van der Waals surface area contributed by atoms with Crippen molar-refractivity contribution >= 4 is 16.1 Å². The number of likely N-dealkylation sites (tertiary alicyclic amines) is 1. The highest BCUT2D eigenvalue weighted by Crippen LogP contribution is 2.35. The Bertz CT molecular complexity index is 688. The van der Waals surface area contributed by atoms with Gasteiger partial charge in [-0.25, -0.2) is 17.9 Å². The lowest BCUT2D eigenvalue weighted by Gasteiger charge is -2.42. The summed E-state index contributed by atoms with van der Waals surface area (Å²) in [6.45, 7) is 6.94. The number of hydrogen-bond donors (Lipinski definition) is 1. The monoisotopic (exact) mass is 368 g/mol. The van der Waals surface area contributed by atoms with E-state index in [1.54, 1.807) is 4.90 Å². The van der Waals surface area contributed by atoms with Gasteiger partial charge in [0.15, 0.2) is 0 Å². The zero-order chi connectivity index (χ0) is 18.7. The van der Waals surface area contributed by atoms with Crippen molar-refractivity contribution in [3.05, 3.63) is 35.9 Å². The SMILES string of the molecule is CC(C)(C)OC(=O)N1CCC(CNS(C)(=O)=O)(c2ccccc2)CC1. The normalized spacial score (nSPS) is 18.0. The first-order valence-corrected chi connectivity index (χ1v) is 10.4. The molecule has 0 aliphatic carbocycles. The summed E-state index contributed by atoms with van der Waals surface area (Å²) in [5.74, 6) is 0. The van der Waals surface area contributed by atoms with Gasteiger partial charge in [-0.2, -0.15) is 0 Å². The van der Waals surface area contributed by atoms with Crippen LogP contribution in [0.1, 0.15) is 39.2 Å². The highest BCUT2D eigenvalue weighted by molar-refractivity contribution is 7.88. The molecule has 1 N–H and O–H groups in total. The predicted molar refractivity (Wildman–Crippen MR) is 98.0 cm³/mol. The van der Waals surface area contributed by atoms with Gasteiger partial charge >= 0.3 is 6.09 Å². The molecule has 0 atom stereocenters. The molecule has 0 saturated carbocycles. The van der Waals surface area contributed by atoms with Gasteiger partial charge in [-0.1, -0.05) is 30.3 Å². The second-order valence-corrected chi connectivity index (χ2v) is 9.54. The lowest BCUT2D eigenvalue weighted by Crippen LogP contribution is -2.51. The van der Waals surface area contributed by atoms with Crippen molar-refractivity contribution in [2.75, 3.05) is 25.9 Å². The minimum absolute atomic E-state index is 0.315. The molecule has 0 aromatic heterocycles. The summed E-state index contributed by atoms with van der Waals surface area (Å²) < 4.78 is 31.3. The summed E-state index contributed by atoms with van der Waals surface area (Å²) >= 11 is 0. The Morgan fingerprint density at radius 2 is 1.76 bits per heavy atom. The molecule has 1 aromatic rings. The van der Waals surface area contributed by atoms with E-state index in [2.05, 4.69) is 4.72 Å². The molecule has 1 aromatic carbocycles. The zero-order valence-corrected chi connectivity index (χ0v) is 16.2. The lowest BCUT2D eigenvalue weighted by molar-refractivity contribution is 0.0165. The van der Waals surface area contributed by atoms with E-state index in [9.17, 15) is 13.2 Å². The number of ether oxygens (including phenoxy) is 1. The standard InChI is InChI=1S/C18H28N2O4S/c1-17(2,3)24-16(21)20-12-10-18(11-13-20,14-19-25(4,22)23)15-8-6-5-7-9-15/h5-9,19H,10-14H2,1-4H3. The third-order valence-corrected chi connectivity index (χ3v) is 5.10. The van der Waals surface area contributed by atoms with E-state index in [0.29, 0.717) is 32.5 Å². The molecule has 0 unspecified atom stereocenters. The molecule has 1 aliphatic heterocycles. The van der Waals surface area contributed by atoms with Crippen LogP contribution in [0, 0.1) is 0 Å². The van der Waals surface area contributed by atoms with E-state index in [0.717, 1.165) is 5.56 Å². The molecule has 2 rings (SSSR count). The van der Waals surface area contributed by atoms with E-state index in [4.69, 9.17) is 4.74 Å². The molecule has 1 amide bonds. The second kappa shape index (κ2) is 7.33. The van der Waals surface area contributed by atoms with Crippen LogP contribution in [0.25, 0.3) is 0 Å². The van der Waals surface area contributed by atoms with Crippen molar-refractivity contribution < 1.29 is 17.9 Å². The number of carbonyl (C=O) groups is 1. The Balaban J connectivity index is 2.14. The van der Waals surface area contributed by atoms with E-state index in [1.165, 1.54) is 6.26 Å². The Hall–Kier alpha value is -1.60. The van der Waals surface area contributed by atoms with Gasteiger partial charge in [0.25, 0.3) is 0 Å². The molecule has 1 fully saturated rings. The quantitative estimate of drug-likeness (QED) is 0.886. The zero-order valence-electron chi connectivity index (χ0n) is 15.4. The number of rotatable bonds is 4. The van der Waals surface area contributed by atoms with Gasteiger partial charge < -0.3 is 9.64 Å². The summed E-state index contributed by atoms with van der Waals surface area (Å²) in [7, 11) is -3.28. The average Bonchev–Trinajstić information content (AvgIpc) is 2.52. The number of nitrogens with one attached hydrogen (secondary N) is 1. The van der Waals surface area contributed by atoms with E-state index >= 15 is 0 Å². The molecule has 0 spiro atoms. The summed E-state index contributed by atoms with van der Waals surface area (Å²) in [5.41, 5.74) is 0.251. The summed E-state index contributed by atoms with van der Waals surface area (Å²) in [6.07, 6.45) is 2.21. The Morgan fingerprint density at radius 3 is 2.24 bits per heavy atom. The molecule has 0 radical (unpaired) electrons. The Labute approximate surface area is 150 Å². The van der Waals surface area contributed by atoms with Gasteiger partial charge in [-0.15, -0.1) is 0 Å². The van der Waals surface area contributed by atoms with Crippen molar-refractivity contribution in [2.24, 2.45) is 0 Å². The molecule has 6 nitrogen and oxygen atoms in total. The first kappa shape index (κ1) is 19.7. The fourth-order valence-electron chi connectivity index (χ4n) is 3.07. The van der Waals surface area contributed by atoms with Crippen LogP contribution in [0.4, 0.5) is 4.79 Å². The van der Waals surface area contributed by atoms with Crippen LogP contribution in [-0.2, 0) is 20.2 Å². The van der Waals surface area contributed by atoms with Gasteiger partial charge in [0, 0.05) is 25.0 Å². The fraction of sp³-hybridized carbons (Fsp3) is 0.611. The molecule has 1 saturated heterocycles. The van der Waals surface area contributed by atoms with Gasteiger partial charge in [0.1, 0.15) is 5.60 Å². The van der Waals surface area contributed by atoms with Crippen molar-refractivity contribution in [1.82, 2.24) is 9.62 Å². The second-order valence-electron chi connectivity index (χ2n) is 7.71. The van der Waals surface area contributed by atoms with Crippen LogP contribution in [0.15, 0.2) is 30.3 Å². The van der Waals surface area contributed by atoms with E-state index in [-0.39, 0.29) is 11.5 Å². The molecule has 1 aliphatic rings. The number of nitrogens with zero attached hydrogens (tertiary/aromatic N) is 1. The summed E-state index contributed by atoms with van der Waals surface area (Å²) in [5, 5.41) is 0. The van der Waals surface area contributed by atoms with Crippen molar-refractivity contribution in [3.63, 3.8) is 0 Å². The number of sulfonamides is 1. The van der Waals surface area contributed by atoms with Crippen molar-refractivity contribution in [3.8, 4) is 0 Å². The maximum Gasteiger partial charge on any atom is 0.410 e. The Morgan fingerprint density at radius 1 is 1.20 bits per heavy atom. The first-order valence-electron chi connectivity index (χ1n) is 8.49. The minimum atomic E-state index is -3.28. The largest absolute Gasteiger partial charge is 0.444 e. The summed E-state index contributed by atoms with van der Waals surface area (Å²) in [6, 6.07) is 9.90. The van der Waals surface area contributed by atoms with Crippen LogP contribution in [-0.4, -0.2) is 50.9 Å². The van der Waals surface area contributed by atoms with Gasteiger partial charge in [-0.3, -0.25) is 0 Å². The maximum atomic E-state index is 12.3. The number of amides is 1. The van der Waals surface area contributed by atoms with Crippen LogP contribution in [0.5, 0.6) is 0 Å². The van der Waals surface area contributed by atoms with Crippen molar-refractivity contribution in [2.45, 2.75) is 44.6 Å². The lowest BCUT2D eigenvalue weighted by atomic mass is 9.73. The summed E-state index contributed by atoms with van der Waals surface area (Å²) in [4.78, 5) is 14.0. The van der Waals surface area contributed by atoms with E-state index in [1.807, 2.05) is 51.1 Å². The molecule has 1 heterocycles. The van der Waals surface area contributed by atoms with Crippen LogP contribution in [0.3, 0.4) is 0 Å². The van der Waals surface area contributed by atoms with Gasteiger partial charge in [-0.05, 0) is 39.2 Å². The number of piperidine rings is 1. The average molecular weight is 368 g/mol. The highest BCUT2D eigenvalue weighted by Gasteiger charge is 2.38. The topological polar surface area (TPSA) is 75.7 Å². The maximum absolute atomic E-state index is 12.3. The Kier molecular flexibility index (Phi) is 5.79. The molecule has 0 bridgehead atoms. The number of carbonyl (C=O) groups excluding carboxylic acids is 1. The third-order valence-electron chi connectivity index (χ3n) is 4.43. The van der Waals surface area contributed by atoms with Crippen LogP contribution in [0.2, 0.25) is 0 Å². The van der Waals surface area contributed by atoms with Gasteiger partial charge in [0.2, 0.25) is 10.0 Å². The van der Waals surface area contributed by atoms with Crippen LogP contribution < -0.4 is 4.72 Å². The van der Waals surface area contributed by atoms with E-state index < -0.39 is 15.6 Å². The number of hydrogen-bond acceptors (Lipinski definition) is 4.